The summed E-state index contributed by atoms with van der Waals surface area (Å²) in [6.07, 6.45) is 1.41. The van der Waals surface area contributed by atoms with Gasteiger partial charge in [-0.05, 0) is 35.9 Å². The summed E-state index contributed by atoms with van der Waals surface area (Å²) in [7, 11) is 0. The number of nitrogens with one attached hydrogen (secondary N) is 1. The predicted octanol–water partition coefficient (Wildman–Crippen LogP) is 4.98. The van der Waals surface area contributed by atoms with Crippen molar-refractivity contribution in [2.75, 3.05) is 0 Å². The molecule has 0 saturated carbocycles. The monoisotopic (exact) mass is 397 g/mol. The highest BCUT2D eigenvalue weighted by atomic mass is 35.5. The molecule has 0 aliphatic heterocycles. The van der Waals surface area contributed by atoms with Crippen LogP contribution in [-0.2, 0) is 6.54 Å². The number of benzene rings is 2. The maximum Gasteiger partial charge on any atom is 0.253 e. The summed E-state index contributed by atoms with van der Waals surface area (Å²) in [6, 6.07) is 17.1. The lowest BCUT2D eigenvalue weighted by atomic mass is 10.2. The smallest absolute Gasteiger partial charge is 0.253 e. The first-order chi connectivity index (χ1) is 13.1. The molecule has 2 aromatic carbocycles. The molecule has 0 unspecified atom stereocenters. The fraction of sp³-hybridized carbons (Fsp3) is 0.0500. The van der Waals surface area contributed by atoms with Crippen LogP contribution in [0.3, 0.4) is 0 Å². The molecule has 1 N–H and O–H groups in total. The van der Waals surface area contributed by atoms with E-state index in [4.69, 9.17) is 33.2 Å². The Morgan fingerprint density at radius 1 is 1.15 bits per heavy atom. The molecule has 134 valence electrons. The summed E-state index contributed by atoms with van der Waals surface area (Å²) >= 11 is 12.0. The van der Waals surface area contributed by atoms with Crippen LogP contribution >= 0.6 is 23.2 Å². The van der Waals surface area contributed by atoms with Crippen molar-refractivity contribution in [3.05, 3.63) is 87.5 Å². The number of hydrogen-bond acceptors (Lipinski definition) is 4. The number of nitrogens with zero attached hydrogens (tertiary/aromatic N) is 2. The Balaban J connectivity index is 1.64. The first kappa shape index (κ1) is 18.7. The minimum Gasteiger partial charge on any atom is -0.438 e. The number of carbonyl (C=O) groups is 1. The number of rotatable bonds is 5. The second kappa shape index (κ2) is 8.54. The third-order valence-corrected chi connectivity index (χ3v) is 4.26. The number of hydrogen-bond donors (Lipinski definition) is 1. The Hall–Kier alpha value is -3.07. The number of nitriles is 1. The van der Waals surface area contributed by atoms with Gasteiger partial charge in [0.2, 0.25) is 5.88 Å². The summed E-state index contributed by atoms with van der Waals surface area (Å²) in [4.78, 5) is 16.4. The number of pyridine rings is 1. The van der Waals surface area contributed by atoms with Crippen molar-refractivity contribution in [1.29, 1.82) is 5.26 Å². The van der Waals surface area contributed by atoms with Crippen LogP contribution in [0.1, 0.15) is 21.5 Å². The summed E-state index contributed by atoms with van der Waals surface area (Å²) in [5.74, 6) is 0.398. The Morgan fingerprint density at radius 2 is 1.96 bits per heavy atom. The molecular weight excluding hydrogens is 385 g/mol. The SMILES string of the molecule is N#Cc1ccccc1Oc1ccc(C(=O)NCc2ccc(Cl)cc2Cl)cn1. The molecular formula is C20H13Cl2N3O2. The highest BCUT2D eigenvalue weighted by molar-refractivity contribution is 6.35. The van der Waals surface area contributed by atoms with Crippen LogP contribution in [0.4, 0.5) is 0 Å². The minimum atomic E-state index is -0.294. The van der Waals surface area contributed by atoms with Crippen LogP contribution in [0.5, 0.6) is 11.6 Å². The van der Waals surface area contributed by atoms with E-state index in [1.54, 1.807) is 54.6 Å². The Morgan fingerprint density at radius 3 is 2.67 bits per heavy atom. The molecule has 0 aliphatic rings. The number of para-hydroxylation sites is 1. The average Bonchev–Trinajstić information content (AvgIpc) is 2.68. The van der Waals surface area contributed by atoms with Crippen LogP contribution in [0.2, 0.25) is 10.0 Å². The molecule has 0 saturated heterocycles. The van der Waals surface area contributed by atoms with Gasteiger partial charge in [0.1, 0.15) is 11.8 Å². The Bertz CT molecular complexity index is 1010. The zero-order valence-corrected chi connectivity index (χ0v) is 15.5. The van der Waals surface area contributed by atoms with Crippen LogP contribution in [-0.4, -0.2) is 10.9 Å². The Labute approximate surface area is 166 Å². The largest absolute Gasteiger partial charge is 0.438 e. The molecule has 3 aromatic rings. The molecule has 0 radical (unpaired) electrons. The lowest BCUT2D eigenvalue weighted by Crippen LogP contribution is -2.23. The van der Waals surface area contributed by atoms with Gasteiger partial charge in [-0.25, -0.2) is 4.98 Å². The second-order valence-electron chi connectivity index (χ2n) is 5.51. The summed E-state index contributed by atoms with van der Waals surface area (Å²) in [5.41, 5.74) is 1.54. The van der Waals surface area contributed by atoms with Crippen molar-refractivity contribution >= 4 is 29.1 Å². The summed E-state index contributed by atoms with van der Waals surface area (Å²) < 4.78 is 5.60. The van der Waals surface area contributed by atoms with Gasteiger partial charge in [0.05, 0.1) is 11.1 Å². The van der Waals surface area contributed by atoms with E-state index in [-0.39, 0.29) is 18.3 Å². The minimum absolute atomic E-state index is 0.266. The number of ether oxygens (including phenoxy) is 1. The van der Waals surface area contributed by atoms with Crippen molar-refractivity contribution in [2.24, 2.45) is 0 Å². The maximum atomic E-state index is 12.3. The molecule has 0 spiro atoms. The zero-order valence-electron chi connectivity index (χ0n) is 13.9. The van der Waals surface area contributed by atoms with Gasteiger partial charge in [0.25, 0.3) is 5.91 Å². The van der Waals surface area contributed by atoms with Crippen molar-refractivity contribution in [1.82, 2.24) is 10.3 Å². The number of carbonyl (C=O) groups excluding carboxylic acids is 1. The lowest BCUT2D eigenvalue weighted by molar-refractivity contribution is 0.0950. The van der Waals surface area contributed by atoms with Crippen LogP contribution in [0.15, 0.2) is 60.8 Å². The van der Waals surface area contributed by atoms with E-state index in [1.165, 1.54) is 6.20 Å². The molecule has 3 rings (SSSR count). The highest BCUT2D eigenvalue weighted by Gasteiger charge is 2.09. The van der Waals surface area contributed by atoms with Gasteiger partial charge in [0, 0.05) is 28.9 Å². The van der Waals surface area contributed by atoms with Crippen molar-refractivity contribution in [3.8, 4) is 17.7 Å². The van der Waals surface area contributed by atoms with Gasteiger partial charge in [-0.3, -0.25) is 4.79 Å². The van der Waals surface area contributed by atoms with Crippen LogP contribution in [0.25, 0.3) is 0 Å². The van der Waals surface area contributed by atoms with Crippen molar-refractivity contribution < 1.29 is 9.53 Å². The third kappa shape index (κ3) is 4.76. The van der Waals surface area contributed by atoms with E-state index < -0.39 is 0 Å². The first-order valence-electron chi connectivity index (χ1n) is 7.92. The van der Waals surface area contributed by atoms with E-state index in [1.807, 2.05) is 6.07 Å². The average molecular weight is 398 g/mol. The maximum absolute atomic E-state index is 12.3. The fourth-order valence-corrected chi connectivity index (χ4v) is 2.75. The van der Waals surface area contributed by atoms with Gasteiger partial charge in [-0.2, -0.15) is 5.26 Å². The van der Waals surface area contributed by atoms with Gasteiger partial charge in [-0.15, -0.1) is 0 Å². The lowest BCUT2D eigenvalue weighted by Gasteiger charge is -2.09. The molecule has 7 heteroatoms. The fourth-order valence-electron chi connectivity index (χ4n) is 2.28. The molecule has 0 bridgehead atoms. The number of amides is 1. The second-order valence-corrected chi connectivity index (χ2v) is 6.36. The van der Waals surface area contributed by atoms with E-state index in [9.17, 15) is 4.79 Å². The molecule has 0 fully saturated rings. The van der Waals surface area contributed by atoms with E-state index in [0.717, 1.165) is 5.56 Å². The first-order valence-corrected chi connectivity index (χ1v) is 8.67. The Kier molecular flexibility index (Phi) is 5.92. The molecule has 1 aromatic heterocycles. The molecule has 1 heterocycles. The zero-order chi connectivity index (χ0) is 19.2. The van der Waals surface area contributed by atoms with Crippen molar-refractivity contribution in [3.63, 3.8) is 0 Å². The third-order valence-electron chi connectivity index (χ3n) is 3.68. The van der Waals surface area contributed by atoms with Crippen LogP contribution < -0.4 is 10.1 Å². The number of aromatic nitrogens is 1. The van der Waals surface area contributed by atoms with Gasteiger partial charge in [-0.1, -0.05) is 41.4 Å². The van der Waals surface area contributed by atoms with E-state index >= 15 is 0 Å². The van der Waals surface area contributed by atoms with Gasteiger partial charge >= 0.3 is 0 Å². The number of halogens is 2. The summed E-state index contributed by atoms with van der Waals surface area (Å²) in [6.45, 7) is 0.266. The van der Waals surface area contributed by atoms with Crippen molar-refractivity contribution in [2.45, 2.75) is 6.54 Å². The molecule has 1 amide bonds. The standard InChI is InChI=1S/C20H13Cl2N3O2/c21-16-7-5-14(17(22)9-16)11-25-20(26)15-6-8-19(24-12-15)27-18-4-2-1-3-13(18)10-23/h1-9,12H,11H2,(H,25,26). The highest BCUT2D eigenvalue weighted by Crippen LogP contribution is 2.23. The molecule has 0 aliphatic carbocycles. The molecule has 0 atom stereocenters. The van der Waals surface area contributed by atoms with Gasteiger partial charge in [0.15, 0.2) is 0 Å². The topological polar surface area (TPSA) is 75.0 Å². The van der Waals surface area contributed by atoms with E-state index in [2.05, 4.69) is 10.3 Å². The quantitative estimate of drug-likeness (QED) is 0.658. The van der Waals surface area contributed by atoms with E-state index in [0.29, 0.717) is 26.9 Å². The normalized spacial score (nSPS) is 10.1. The summed E-state index contributed by atoms with van der Waals surface area (Å²) in [5, 5.41) is 12.9. The van der Waals surface area contributed by atoms with Gasteiger partial charge < -0.3 is 10.1 Å². The van der Waals surface area contributed by atoms with Crippen LogP contribution in [0, 0.1) is 11.3 Å². The predicted molar refractivity (Wildman–Crippen MR) is 103 cm³/mol. The molecule has 5 nitrogen and oxygen atoms in total. The molecule has 27 heavy (non-hydrogen) atoms.